The third-order valence-electron chi connectivity index (χ3n) is 4.98. The van der Waals surface area contributed by atoms with Crippen molar-refractivity contribution in [1.29, 1.82) is 0 Å². The lowest BCUT2D eigenvalue weighted by atomic mass is 9.85. The molecule has 1 spiro atoms. The molecule has 1 aromatic carbocycles. The molecule has 22 heavy (non-hydrogen) atoms. The summed E-state index contributed by atoms with van der Waals surface area (Å²) < 4.78 is 0. The van der Waals surface area contributed by atoms with Gasteiger partial charge in [0, 0.05) is 26.1 Å². The predicted octanol–water partition coefficient (Wildman–Crippen LogP) is 2.58. The highest BCUT2D eigenvalue weighted by Crippen LogP contribution is 2.38. The normalized spacial score (nSPS) is 25.0. The molecule has 118 valence electrons. The molecule has 0 bridgehead atoms. The van der Waals surface area contributed by atoms with Crippen molar-refractivity contribution in [2.24, 2.45) is 0 Å². The fourth-order valence-corrected chi connectivity index (χ4v) is 3.86. The lowest BCUT2D eigenvalue weighted by Gasteiger charge is -2.44. The number of carbonyl (C=O) groups is 2. The van der Waals surface area contributed by atoms with Crippen molar-refractivity contribution < 1.29 is 9.59 Å². The monoisotopic (exact) mass is 300 g/mol. The molecule has 2 amide bonds. The van der Waals surface area contributed by atoms with Gasteiger partial charge in [0.25, 0.3) is 0 Å². The van der Waals surface area contributed by atoms with Crippen LogP contribution in [0.3, 0.4) is 0 Å². The summed E-state index contributed by atoms with van der Waals surface area (Å²) in [6.07, 6.45) is 4.14. The zero-order valence-corrected chi connectivity index (χ0v) is 13.3. The van der Waals surface area contributed by atoms with E-state index in [0.29, 0.717) is 25.9 Å². The average Bonchev–Trinajstić information content (AvgIpc) is 2.84. The van der Waals surface area contributed by atoms with Crippen molar-refractivity contribution in [3.05, 3.63) is 35.9 Å². The SMILES string of the molecule is CCC(=O)N1CCCCC12CC(=O)N(Cc1ccccc1)C2. The van der Waals surface area contributed by atoms with Crippen molar-refractivity contribution in [2.75, 3.05) is 13.1 Å². The van der Waals surface area contributed by atoms with E-state index in [1.54, 1.807) is 0 Å². The van der Waals surface area contributed by atoms with Crippen molar-refractivity contribution in [3.63, 3.8) is 0 Å². The first kappa shape index (κ1) is 15.1. The Kier molecular flexibility index (Phi) is 4.19. The van der Waals surface area contributed by atoms with Crippen molar-refractivity contribution in [2.45, 2.75) is 51.1 Å². The molecule has 2 fully saturated rings. The largest absolute Gasteiger partial charge is 0.336 e. The Bertz CT molecular complexity index is 557. The lowest BCUT2D eigenvalue weighted by molar-refractivity contribution is -0.139. The van der Waals surface area contributed by atoms with Gasteiger partial charge in [-0.05, 0) is 24.8 Å². The molecule has 1 aromatic rings. The van der Waals surface area contributed by atoms with Gasteiger partial charge in [-0.15, -0.1) is 0 Å². The fraction of sp³-hybridized carbons (Fsp3) is 0.556. The topological polar surface area (TPSA) is 40.6 Å². The minimum absolute atomic E-state index is 0.180. The molecule has 0 saturated carbocycles. The number of carbonyl (C=O) groups excluding carboxylic acids is 2. The molecule has 0 aromatic heterocycles. The standard InChI is InChI=1S/C18H24N2O2/c1-2-16(21)20-11-7-6-10-18(20)12-17(22)19(14-18)13-15-8-4-3-5-9-15/h3-5,8-9H,2,6-7,10-14H2,1H3. The maximum Gasteiger partial charge on any atom is 0.225 e. The van der Waals surface area contributed by atoms with Crippen LogP contribution in [0.15, 0.2) is 30.3 Å². The first-order chi connectivity index (χ1) is 10.6. The van der Waals surface area contributed by atoms with E-state index in [0.717, 1.165) is 31.4 Å². The van der Waals surface area contributed by atoms with Gasteiger partial charge in [-0.3, -0.25) is 9.59 Å². The number of nitrogens with zero attached hydrogens (tertiary/aromatic N) is 2. The molecule has 2 aliphatic heterocycles. The highest BCUT2D eigenvalue weighted by Gasteiger charge is 2.49. The summed E-state index contributed by atoms with van der Waals surface area (Å²) in [5.74, 6) is 0.369. The van der Waals surface area contributed by atoms with Crippen molar-refractivity contribution in [3.8, 4) is 0 Å². The van der Waals surface area contributed by atoms with Gasteiger partial charge in [0.2, 0.25) is 11.8 Å². The highest BCUT2D eigenvalue weighted by molar-refractivity contribution is 5.83. The van der Waals surface area contributed by atoms with E-state index in [-0.39, 0.29) is 17.4 Å². The molecule has 3 rings (SSSR count). The van der Waals surface area contributed by atoms with Gasteiger partial charge in [0.15, 0.2) is 0 Å². The van der Waals surface area contributed by atoms with Gasteiger partial charge in [0.05, 0.1) is 12.0 Å². The molecule has 0 aliphatic carbocycles. The van der Waals surface area contributed by atoms with E-state index in [9.17, 15) is 9.59 Å². The summed E-state index contributed by atoms with van der Waals surface area (Å²) in [7, 11) is 0. The van der Waals surface area contributed by atoms with Crippen LogP contribution in [0.1, 0.15) is 44.6 Å². The summed E-state index contributed by atoms with van der Waals surface area (Å²) in [4.78, 5) is 28.7. The van der Waals surface area contributed by atoms with Gasteiger partial charge in [-0.25, -0.2) is 0 Å². The minimum Gasteiger partial charge on any atom is -0.336 e. The van der Waals surface area contributed by atoms with Crippen LogP contribution in [-0.2, 0) is 16.1 Å². The second kappa shape index (κ2) is 6.11. The molecule has 1 atom stereocenters. The Balaban J connectivity index is 1.78. The Labute approximate surface area is 132 Å². The molecule has 0 radical (unpaired) electrons. The average molecular weight is 300 g/mol. The van der Waals surface area contributed by atoms with Crippen LogP contribution in [0.5, 0.6) is 0 Å². The third-order valence-corrected chi connectivity index (χ3v) is 4.98. The predicted molar refractivity (Wildman–Crippen MR) is 85.1 cm³/mol. The molecule has 0 N–H and O–H groups in total. The van der Waals surface area contributed by atoms with E-state index in [1.807, 2.05) is 47.1 Å². The maximum atomic E-state index is 12.5. The fourth-order valence-electron chi connectivity index (χ4n) is 3.86. The second-order valence-electron chi connectivity index (χ2n) is 6.49. The summed E-state index contributed by atoms with van der Waals surface area (Å²) in [5.41, 5.74) is 0.897. The number of hydrogen-bond acceptors (Lipinski definition) is 2. The molecule has 2 heterocycles. The zero-order valence-electron chi connectivity index (χ0n) is 13.3. The number of benzene rings is 1. The number of rotatable bonds is 3. The van der Waals surface area contributed by atoms with Crippen LogP contribution in [0, 0.1) is 0 Å². The van der Waals surface area contributed by atoms with E-state index >= 15 is 0 Å². The Hall–Kier alpha value is -1.84. The first-order valence-corrected chi connectivity index (χ1v) is 8.27. The number of likely N-dealkylation sites (tertiary alicyclic amines) is 2. The van der Waals surface area contributed by atoms with Gasteiger partial charge in [-0.1, -0.05) is 37.3 Å². The second-order valence-corrected chi connectivity index (χ2v) is 6.49. The minimum atomic E-state index is -0.253. The molecule has 4 nitrogen and oxygen atoms in total. The quantitative estimate of drug-likeness (QED) is 0.861. The van der Waals surface area contributed by atoms with E-state index in [2.05, 4.69) is 0 Å². The van der Waals surface area contributed by atoms with Crippen LogP contribution in [0.25, 0.3) is 0 Å². The number of piperidine rings is 1. The number of hydrogen-bond donors (Lipinski definition) is 0. The molecule has 2 saturated heterocycles. The number of amides is 2. The van der Waals surface area contributed by atoms with Gasteiger partial charge < -0.3 is 9.80 Å². The third kappa shape index (κ3) is 2.74. The van der Waals surface area contributed by atoms with Crippen LogP contribution in [0.2, 0.25) is 0 Å². The van der Waals surface area contributed by atoms with Gasteiger partial charge >= 0.3 is 0 Å². The molecular formula is C18H24N2O2. The summed E-state index contributed by atoms with van der Waals surface area (Å²) in [6.45, 7) is 4.05. The summed E-state index contributed by atoms with van der Waals surface area (Å²) in [5, 5.41) is 0. The smallest absolute Gasteiger partial charge is 0.225 e. The van der Waals surface area contributed by atoms with Crippen LogP contribution < -0.4 is 0 Å². The molecule has 4 heteroatoms. The highest BCUT2D eigenvalue weighted by atomic mass is 16.2. The maximum absolute atomic E-state index is 12.5. The van der Waals surface area contributed by atoms with Gasteiger partial charge in [-0.2, -0.15) is 0 Å². The Morgan fingerprint density at radius 1 is 1.23 bits per heavy atom. The van der Waals surface area contributed by atoms with Crippen molar-refractivity contribution in [1.82, 2.24) is 9.80 Å². The summed E-state index contributed by atoms with van der Waals surface area (Å²) >= 11 is 0. The molecule has 2 aliphatic rings. The van der Waals surface area contributed by atoms with Crippen LogP contribution in [-0.4, -0.2) is 40.2 Å². The van der Waals surface area contributed by atoms with Crippen LogP contribution in [0.4, 0.5) is 0 Å². The lowest BCUT2D eigenvalue weighted by Crippen LogP contribution is -2.55. The van der Waals surface area contributed by atoms with Crippen molar-refractivity contribution >= 4 is 11.8 Å². The Morgan fingerprint density at radius 2 is 2.00 bits per heavy atom. The molecule has 1 unspecified atom stereocenters. The van der Waals surface area contributed by atoms with Crippen LogP contribution >= 0.6 is 0 Å². The van der Waals surface area contributed by atoms with E-state index in [4.69, 9.17) is 0 Å². The first-order valence-electron chi connectivity index (χ1n) is 8.27. The zero-order chi connectivity index (χ0) is 15.6. The Morgan fingerprint density at radius 3 is 2.73 bits per heavy atom. The van der Waals surface area contributed by atoms with E-state index < -0.39 is 0 Å². The molecular weight excluding hydrogens is 276 g/mol. The van der Waals surface area contributed by atoms with E-state index in [1.165, 1.54) is 0 Å². The summed E-state index contributed by atoms with van der Waals surface area (Å²) in [6, 6.07) is 10.1. The van der Waals surface area contributed by atoms with Gasteiger partial charge in [0.1, 0.15) is 0 Å².